The molecule has 0 bridgehead atoms. The molecule has 74 valence electrons. The first kappa shape index (κ1) is 11.1. The van der Waals surface area contributed by atoms with Crippen molar-refractivity contribution in [3.63, 3.8) is 0 Å². The average Bonchev–Trinajstić information content (AvgIpc) is 2.16. The molecule has 14 heavy (non-hydrogen) atoms. The van der Waals surface area contributed by atoms with Gasteiger partial charge in [0.25, 0.3) is 6.43 Å². The number of hydrogen-bond donors (Lipinski definition) is 0. The molecule has 0 unspecified atom stereocenters. The van der Waals surface area contributed by atoms with Crippen molar-refractivity contribution in [1.29, 1.82) is 5.26 Å². The van der Waals surface area contributed by atoms with Gasteiger partial charge < -0.3 is 4.74 Å². The zero-order chi connectivity index (χ0) is 10.7. The highest BCUT2D eigenvalue weighted by atomic mass is 127. The van der Waals surface area contributed by atoms with Crippen molar-refractivity contribution in [3.8, 4) is 11.9 Å². The summed E-state index contributed by atoms with van der Waals surface area (Å²) in [5.74, 6) is -0.0605. The van der Waals surface area contributed by atoms with E-state index >= 15 is 0 Å². The van der Waals surface area contributed by atoms with Crippen LogP contribution < -0.4 is 4.74 Å². The molecule has 1 heterocycles. The SMILES string of the molecule is COc1nc(C(F)F)cc(I)c1C#N. The maximum atomic E-state index is 12.3. The summed E-state index contributed by atoms with van der Waals surface area (Å²) in [6.07, 6.45) is -2.66. The summed E-state index contributed by atoms with van der Waals surface area (Å²) in [5.41, 5.74) is -0.206. The quantitative estimate of drug-likeness (QED) is 0.789. The van der Waals surface area contributed by atoms with Crippen LogP contribution in [0.2, 0.25) is 0 Å². The minimum atomic E-state index is -2.66. The van der Waals surface area contributed by atoms with Gasteiger partial charge in [0, 0.05) is 3.57 Å². The second kappa shape index (κ2) is 4.50. The molecule has 0 aliphatic rings. The van der Waals surface area contributed by atoms with Crippen LogP contribution in [-0.2, 0) is 0 Å². The molecule has 0 atom stereocenters. The van der Waals surface area contributed by atoms with Crippen LogP contribution in [0.5, 0.6) is 5.88 Å². The predicted octanol–water partition coefficient (Wildman–Crippen LogP) is 2.50. The highest BCUT2D eigenvalue weighted by molar-refractivity contribution is 14.1. The Hall–Kier alpha value is -0.970. The second-order valence-electron chi connectivity index (χ2n) is 2.33. The molecule has 1 aromatic rings. The minimum absolute atomic E-state index is 0.0605. The van der Waals surface area contributed by atoms with E-state index < -0.39 is 6.43 Å². The van der Waals surface area contributed by atoms with Gasteiger partial charge in [-0.2, -0.15) is 5.26 Å². The molecule has 0 spiro atoms. The van der Waals surface area contributed by atoms with Gasteiger partial charge in [0.1, 0.15) is 17.3 Å². The molecule has 0 fully saturated rings. The minimum Gasteiger partial charge on any atom is -0.480 e. The van der Waals surface area contributed by atoms with Crippen molar-refractivity contribution in [1.82, 2.24) is 4.98 Å². The van der Waals surface area contributed by atoms with E-state index in [1.807, 2.05) is 6.07 Å². The van der Waals surface area contributed by atoms with E-state index in [0.29, 0.717) is 3.57 Å². The summed E-state index contributed by atoms with van der Waals surface area (Å²) in [7, 11) is 1.29. The number of aromatic nitrogens is 1. The summed E-state index contributed by atoms with van der Waals surface area (Å²) in [6, 6.07) is 3.01. The third-order valence-electron chi connectivity index (χ3n) is 1.49. The first-order valence-electron chi connectivity index (χ1n) is 3.52. The van der Waals surface area contributed by atoms with Gasteiger partial charge in [-0.05, 0) is 28.7 Å². The van der Waals surface area contributed by atoms with Crippen LogP contribution in [0.15, 0.2) is 6.07 Å². The molecule has 3 nitrogen and oxygen atoms in total. The van der Waals surface area contributed by atoms with E-state index in [-0.39, 0.29) is 17.1 Å². The first-order valence-corrected chi connectivity index (χ1v) is 4.60. The molecule has 1 aromatic heterocycles. The predicted molar refractivity (Wildman–Crippen MR) is 53.2 cm³/mol. The third-order valence-corrected chi connectivity index (χ3v) is 2.34. The number of nitrogens with zero attached hydrogens (tertiary/aromatic N) is 2. The van der Waals surface area contributed by atoms with Gasteiger partial charge in [-0.15, -0.1) is 0 Å². The summed E-state index contributed by atoms with van der Waals surface area (Å²) in [4.78, 5) is 3.52. The van der Waals surface area contributed by atoms with Crippen molar-refractivity contribution in [2.45, 2.75) is 6.43 Å². The topological polar surface area (TPSA) is 45.9 Å². The lowest BCUT2D eigenvalue weighted by Gasteiger charge is -2.06. The molecule has 0 aromatic carbocycles. The molecule has 1 rings (SSSR count). The monoisotopic (exact) mass is 310 g/mol. The van der Waals surface area contributed by atoms with Gasteiger partial charge in [-0.3, -0.25) is 0 Å². The summed E-state index contributed by atoms with van der Waals surface area (Å²) in [6.45, 7) is 0. The molecule has 0 radical (unpaired) electrons. The maximum absolute atomic E-state index is 12.3. The van der Waals surface area contributed by atoms with Gasteiger partial charge in [-0.25, -0.2) is 13.8 Å². The standard InChI is InChI=1S/C8H5F2IN2O/c1-14-8-4(3-12)5(11)2-6(13-8)7(9)10/h2,7H,1H3. The first-order chi connectivity index (χ1) is 6.60. The normalized spacial score (nSPS) is 10.0. The molecule has 0 aliphatic heterocycles. The van der Waals surface area contributed by atoms with Gasteiger partial charge in [0.2, 0.25) is 5.88 Å². The van der Waals surface area contributed by atoms with Gasteiger partial charge in [0.15, 0.2) is 0 Å². The van der Waals surface area contributed by atoms with Crippen LogP contribution in [0.4, 0.5) is 8.78 Å². The Labute approximate surface area is 92.8 Å². The zero-order valence-electron chi connectivity index (χ0n) is 7.09. The van der Waals surface area contributed by atoms with Gasteiger partial charge >= 0.3 is 0 Å². The molecule has 0 N–H and O–H groups in total. The summed E-state index contributed by atoms with van der Waals surface area (Å²) in [5, 5.41) is 8.70. The number of hydrogen-bond acceptors (Lipinski definition) is 3. The lowest BCUT2D eigenvalue weighted by molar-refractivity contribution is 0.145. The molecule has 0 saturated carbocycles. The lowest BCUT2D eigenvalue weighted by atomic mass is 10.2. The van der Waals surface area contributed by atoms with Crippen LogP contribution in [0.3, 0.4) is 0 Å². The Balaban J connectivity index is 3.33. The number of alkyl halides is 2. The van der Waals surface area contributed by atoms with Crippen LogP contribution in [0.25, 0.3) is 0 Å². The average molecular weight is 310 g/mol. The summed E-state index contributed by atoms with van der Waals surface area (Å²) < 4.78 is 29.7. The van der Waals surface area contributed by atoms with E-state index in [2.05, 4.69) is 4.98 Å². The second-order valence-corrected chi connectivity index (χ2v) is 3.49. The lowest BCUT2D eigenvalue weighted by Crippen LogP contribution is -1.99. The molecule has 0 amide bonds. The fourth-order valence-electron chi connectivity index (χ4n) is 0.870. The van der Waals surface area contributed by atoms with E-state index in [9.17, 15) is 8.78 Å². The number of halogens is 3. The fourth-order valence-corrected chi connectivity index (χ4v) is 1.54. The van der Waals surface area contributed by atoms with Crippen molar-refractivity contribution in [2.24, 2.45) is 0 Å². The highest BCUT2D eigenvalue weighted by Gasteiger charge is 2.16. The van der Waals surface area contributed by atoms with Crippen LogP contribution in [-0.4, -0.2) is 12.1 Å². The smallest absolute Gasteiger partial charge is 0.280 e. The van der Waals surface area contributed by atoms with Gasteiger partial charge in [0.05, 0.1) is 7.11 Å². The summed E-state index contributed by atoms with van der Waals surface area (Å²) >= 11 is 1.79. The van der Waals surface area contributed by atoms with Crippen molar-refractivity contribution < 1.29 is 13.5 Å². The zero-order valence-corrected chi connectivity index (χ0v) is 9.25. The fraction of sp³-hybridized carbons (Fsp3) is 0.250. The molecule has 0 saturated heterocycles. The maximum Gasteiger partial charge on any atom is 0.280 e. The Morgan fingerprint density at radius 1 is 1.64 bits per heavy atom. The number of nitriles is 1. The van der Waals surface area contributed by atoms with Crippen molar-refractivity contribution >= 4 is 22.6 Å². The molecular weight excluding hydrogens is 305 g/mol. The van der Waals surface area contributed by atoms with Crippen LogP contribution in [0.1, 0.15) is 17.7 Å². The van der Waals surface area contributed by atoms with E-state index in [1.54, 1.807) is 22.6 Å². The Bertz CT molecular complexity index is 390. The van der Waals surface area contributed by atoms with E-state index in [0.717, 1.165) is 0 Å². The van der Waals surface area contributed by atoms with Crippen LogP contribution in [0, 0.1) is 14.9 Å². The van der Waals surface area contributed by atoms with Crippen molar-refractivity contribution in [2.75, 3.05) is 7.11 Å². The number of rotatable bonds is 2. The van der Waals surface area contributed by atoms with Crippen molar-refractivity contribution in [3.05, 3.63) is 20.9 Å². The third kappa shape index (κ3) is 2.09. The van der Waals surface area contributed by atoms with Crippen LogP contribution >= 0.6 is 22.6 Å². The van der Waals surface area contributed by atoms with E-state index in [1.165, 1.54) is 13.2 Å². The van der Waals surface area contributed by atoms with E-state index in [4.69, 9.17) is 10.00 Å². The molecular formula is C8H5F2IN2O. The Morgan fingerprint density at radius 2 is 2.29 bits per heavy atom. The largest absolute Gasteiger partial charge is 0.480 e. The van der Waals surface area contributed by atoms with Gasteiger partial charge in [-0.1, -0.05) is 0 Å². The molecule has 0 aliphatic carbocycles. The number of ether oxygens (including phenoxy) is 1. The number of methoxy groups -OCH3 is 1. The Morgan fingerprint density at radius 3 is 2.71 bits per heavy atom. The number of pyridine rings is 1. The highest BCUT2D eigenvalue weighted by Crippen LogP contribution is 2.26. The molecule has 6 heteroatoms. The Kier molecular flexibility index (Phi) is 3.57.